The largest absolute Gasteiger partial charge is 0.495 e. The van der Waals surface area contributed by atoms with Gasteiger partial charge in [0.15, 0.2) is 0 Å². The van der Waals surface area contributed by atoms with E-state index >= 15 is 0 Å². The summed E-state index contributed by atoms with van der Waals surface area (Å²) in [6.07, 6.45) is 6.33. The Labute approximate surface area is 185 Å². The average molecular weight is 434 g/mol. The second-order valence-corrected chi connectivity index (χ2v) is 6.52. The highest BCUT2D eigenvalue weighted by atomic mass is 16.5. The standard InChI is InChI=1S/C24H22N2O6/c1-30-20-13-12-17(15-19(20)25-22(27)16-9-5-4-6-10-16)26-14-8-7-11-18(23(28)31-2)21(26)24(29)32-3/h4-15H,1-3H3,(H,25,27). The summed E-state index contributed by atoms with van der Waals surface area (Å²) in [5, 5.41) is 2.82. The molecule has 0 saturated carbocycles. The van der Waals surface area contributed by atoms with Crippen LogP contribution >= 0.6 is 0 Å². The Morgan fingerprint density at radius 2 is 1.59 bits per heavy atom. The quantitative estimate of drug-likeness (QED) is 0.696. The molecular weight excluding hydrogens is 412 g/mol. The average Bonchev–Trinajstić information content (AvgIpc) is 3.06. The number of nitrogens with zero attached hydrogens (tertiary/aromatic N) is 1. The van der Waals surface area contributed by atoms with Crippen molar-refractivity contribution >= 4 is 29.2 Å². The summed E-state index contributed by atoms with van der Waals surface area (Å²) in [6, 6.07) is 13.7. The van der Waals surface area contributed by atoms with Crippen LogP contribution in [-0.2, 0) is 19.1 Å². The Morgan fingerprint density at radius 1 is 0.875 bits per heavy atom. The van der Waals surface area contributed by atoms with E-state index in [1.165, 1.54) is 32.3 Å². The van der Waals surface area contributed by atoms with E-state index in [-0.39, 0.29) is 17.2 Å². The van der Waals surface area contributed by atoms with Gasteiger partial charge in [0, 0.05) is 17.5 Å². The summed E-state index contributed by atoms with van der Waals surface area (Å²) in [6.45, 7) is 0. The molecule has 0 spiro atoms. The first-order valence-electron chi connectivity index (χ1n) is 9.59. The molecule has 1 aliphatic heterocycles. The summed E-state index contributed by atoms with van der Waals surface area (Å²) in [7, 11) is 3.93. The fourth-order valence-corrected chi connectivity index (χ4v) is 3.09. The molecule has 0 aliphatic carbocycles. The molecule has 0 radical (unpaired) electrons. The number of carbonyl (C=O) groups excluding carboxylic acids is 3. The Bertz CT molecular complexity index is 1120. The van der Waals surface area contributed by atoms with Crippen LogP contribution in [-0.4, -0.2) is 39.2 Å². The van der Waals surface area contributed by atoms with E-state index in [2.05, 4.69) is 5.32 Å². The van der Waals surface area contributed by atoms with E-state index in [9.17, 15) is 14.4 Å². The highest BCUT2D eigenvalue weighted by Gasteiger charge is 2.28. The Kier molecular flexibility index (Phi) is 7.07. The molecule has 3 rings (SSSR count). The lowest BCUT2D eigenvalue weighted by molar-refractivity contribution is -0.139. The van der Waals surface area contributed by atoms with Crippen molar-refractivity contribution < 1.29 is 28.6 Å². The molecule has 2 aromatic carbocycles. The first-order chi connectivity index (χ1) is 15.5. The van der Waals surface area contributed by atoms with Gasteiger partial charge < -0.3 is 24.4 Å². The van der Waals surface area contributed by atoms with Gasteiger partial charge in [-0.1, -0.05) is 24.3 Å². The van der Waals surface area contributed by atoms with Crippen LogP contribution < -0.4 is 15.0 Å². The maximum Gasteiger partial charge on any atom is 0.355 e. The lowest BCUT2D eigenvalue weighted by Gasteiger charge is -2.24. The minimum atomic E-state index is -0.729. The zero-order valence-electron chi connectivity index (χ0n) is 17.8. The Hall–Kier alpha value is -4.33. The summed E-state index contributed by atoms with van der Waals surface area (Å²) in [5.41, 5.74) is 1.33. The topological polar surface area (TPSA) is 94.2 Å². The van der Waals surface area contributed by atoms with Crippen molar-refractivity contribution in [2.24, 2.45) is 0 Å². The van der Waals surface area contributed by atoms with Crippen molar-refractivity contribution in [1.29, 1.82) is 0 Å². The van der Waals surface area contributed by atoms with E-state index in [1.807, 2.05) is 6.07 Å². The summed E-state index contributed by atoms with van der Waals surface area (Å²) < 4.78 is 15.1. The molecule has 164 valence electrons. The number of anilines is 2. The van der Waals surface area contributed by atoms with Gasteiger partial charge in [-0.15, -0.1) is 0 Å². The third-order valence-electron chi connectivity index (χ3n) is 4.63. The van der Waals surface area contributed by atoms with Crippen molar-refractivity contribution in [1.82, 2.24) is 0 Å². The van der Waals surface area contributed by atoms with Crippen molar-refractivity contribution in [3.8, 4) is 5.75 Å². The van der Waals surface area contributed by atoms with Crippen LogP contribution in [0.4, 0.5) is 11.4 Å². The number of esters is 2. The molecule has 8 heteroatoms. The molecule has 0 aromatic heterocycles. The number of ether oxygens (including phenoxy) is 3. The monoisotopic (exact) mass is 434 g/mol. The van der Waals surface area contributed by atoms with E-state index in [4.69, 9.17) is 14.2 Å². The molecule has 1 N–H and O–H groups in total. The van der Waals surface area contributed by atoms with Crippen LogP contribution in [0.2, 0.25) is 0 Å². The Balaban J connectivity index is 2.07. The fraction of sp³-hybridized carbons (Fsp3) is 0.125. The second kappa shape index (κ2) is 10.1. The van der Waals surface area contributed by atoms with Gasteiger partial charge in [-0.3, -0.25) is 4.79 Å². The SMILES string of the molecule is COC(=O)C1=C(C(=O)OC)N(c2ccc(OC)c(NC(=O)c3ccccc3)c2)C=CC=C1. The van der Waals surface area contributed by atoms with Crippen LogP contribution in [0.1, 0.15) is 10.4 Å². The van der Waals surface area contributed by atoms with Gasteiger partial charge in [0.05, 0.1) is 32.6 Å². The second-order valence-electron chi connectivity index (χ2n) is 6.52. The number of hydrogen-bond donors (Lipinski definition) is 1. The first kappa shape index (κ1) is 22.4. The fourth-order valence-electron chi connectivity index (χ4n) is 3.09. The van der Waals surface area contributed by atoms with Gasteiger partial charge in [0.25, 0.3) is 5.91 Å². The van der Waals surface area contributed by atoms with Crippen molar-refractivity contribution in [2.45, 2.75) is 0 Å². The smallest absolute Gasteiger partial charge is 0.355 e. The molecule has 0 atom stereocenters. The number of carbonyl (C=O) groups is 3. The molecule has 0 saturated heterocycles. The van der Waals surface area contributed by atoms with Crippen molar-refractivity contribution in [3.05, 3.63) is 89.8 Å². The van der Waals surface area contributed by atoms with Gasteiger partial charge in [0.1, 0.15) is 11.4 Å². The molecule has 0 bridgehead atoms. The molecular formula is C24H22N2O6. The minimum Gasteiger partial charge on any atom is -0.495 e. The normalized spacial score (nSPS) is 12.8. The van der Waals surface area contributed by atoms with Crippen LogP contribution in [0.15, 0.2) is 84.2 Å². The van der Waals surface area contributed by atoms with Crippen LogP contribution in [0, 0.1) is 0 Å². The third-order valence-corrected chi connectivity index (χ3v) is 4.63. The van der Waals surface area contributed by atoms with Gasteiger partial charge in [0.2, 0.25) is 0 Å². The molecule has 32 heavy (non-hydrogen) atoms. The van der Waals surface area contributed by atoms with Gasteiger partial charge in [-0.05, 0) is 42.5 Å². The highest BCUT2D eigenvalue weighted by Crippen LogP contribution is 2.33. The molecule has 1 amide bonds. The van der Waals surface area contributed by atoms with Crippen molar-refractivity contribution in [2.75, 3.05) is 31.5 Å². The number of methoxy groups -OCH3 is 3. The molecule has 8 nitrogen and oxygen atoms in total. The molecule has 1 aliphatic rings. The predicted octanol–water partition coefficient (Wildman–Crippen LogP) is 3.44. The molecule has 2 aromatic rings. The van der Waals surface area contributed by atoms with E-state index in [0.29, 0.717) is 22.7 Å². The minimum absolute atomic E-state index is 0.0232. The Morgan fingerprint density at radius 3 is 2.25 bits per heavy atom. The summed E-state index contributed by atoms with van der Waals surface area (Å²) >= 11 is 0. The number of nitrogens with one attached hydrogen (secondary N) is 1. The number of rotatable bonds is 6. The number of allylic oxidation sites excluding steroid dienone is 2. The maximum atomic E-state index is 12.7. The first-order valence-corrected chi connectivity index (χ1v) is 9.59. The van der Waals surface area contributed by atoms with E-state index in [0.717, 1.165) is 0 Å². The highest BCUT2D eigenvalue weighted by molar-refractivity contribution is 6.07. The lowest BCUT2D eigenvalue weighted by Crippen LogP contribution is -2.27. The van der Waals surface area contributed by atoms with Gasteiger partial charge in [-0.25, -0.2) is 9.59 Å². The van der Waals surface area contributed by atoms with Crippen LogP contribution in [0.3, 0.4) is 0 Å². The zero-order chi connectivity index (χ0) is 23.1. The van der Waals surface area contributed by atoms with Crippen LogP contribution in [0.25, 0.3) is 0 Å². The molecule has 0 fully saturated rings. The van der Waals surface area contributed by atoms with Crippen molar-refractivity contribution in [3.63, 3.8) is 0 Å². The number of benzene rings is 2. The zero-order valence-corrected chi connectivity index (χ0v) is 17.8. The number of amides is 1. The summed E-state index contributed by atoms with van der Waals surface area (Å²) in [4.78, 5) is 39.1. The van der Waals surface area contributed by atoms with E-state index < -0.39 is 11.9 Å². The van der Waals surface area contributed by atoms with Crippen LogP contribution in [0.5, 0.6) is 5.75 Å². The molecule has 0 unspecified atom stereocenters. The number of hydrogen-bond acceptors (Lipinski definition) is 7. The third kappa shape index (κ3) is 4.70. The predicted molar refractivity (Wildman–Crippen MR) is 119 cm³/mol. The maximum absolute atomic E-state index is 12.7. The summed E-state index contributed by atoms with van der Waals surface area (Å²) in [5.74, 6) is -1.33. The van der Waals surface area contributed by atoms with E-state index in [1.54, 1.807) is 60.8 Å². The van der Waals surface area contributed by atoms with Gasteiger partial charge >= 0.3 is 11.9 Å². The van der Waals surface area contributed by atoms with Gasteiger partial charge in [-0.2, -0.15) is 0 Å². The lowest BCUT2D eigenvalue weighted by atomic mass is 10.1. The molecule has 1 heterocycles.